The second-order valence-corrected chi connectivity index (χ2v) is 9.80. The fraction of sp³-hybridized carbons (Fsp3) is 0.368. The summed E-state index contributed by atoms with van der Waals surface area (Å²) in [6.07, 6.45) is 2.89. The molecule has 0 unspecified atom stereocenters. The zero-order chi connectivity index (χ0) is 21.5. The van der Waals surface area contributed by atoms with Gasteiger partial charge >= 0.3 is 0 Å². The van der Waals surface area contributed by atoms with Gasteiger partial charge in [-0.15, -0.1) is 0 Å². The molecule has 1 aromatic carbocycles. The van der Waals surface area contributed by atoms with Gasteiger partial charge in [0.25, 0.3) is 15.9 Å². The molecule has 2 atom stereocenters. The van der Waals surface area contributed by atoms with Crippen LogP contribution >= 0.6 is 23.2 Å². The first-order valence-corrected chi connectivity index (χ1v) is 11.6. The maximum Gasteiger partial charge on any atom is 0.264 e. The van der Waals surface area contributed by atoms with E-state index in [4.69, 9.17) is 27.9 Å². The second kappa shape index (κ2) is 8.22. The molecule has 1 saturated carbocycles. The van der Waals surface area contributed by atoms with Crippen LogP contribution in [0.4, 0.5) is 5.69 Å². The second-order valence-electron chi connectivity index (χ2n) is 7.13. The Balaban J connectivity index is 1.66. The van der Waals surface area contributed by atoms with Crippen LogP contribution in [-0.2, 0) is 10.0 Å². The normalized spacial score (nSPS) is 21.1. The molecule has 1 fully saturated rings. The number of carbonyl (C=O) groups excluding carboxylic acids is 1. The van der Waals surface area contributed by atoms with Crippen molar-refractivity contribution >= 4 is 44.8 Å². The van der Waals surface area contributed by atoms with Crippen molar-refractivity contribution < 1.29 is 23.1 Å². The molecule has 160 valence electrons. The van der Waals surface area contributed by atoms with Gasteiger partial charge in [-0.2, -0.15) is 0 Å². The number of sulfonamides is 1. The first-order valence-electron chi connectivity index (χ1n) is 9.37. The molecule has 30 heavy (non-hydrogen) atoms. The van der Waals surface area contributed by atoms with Crippen LogP contribution in [0.1, 0.15) is 29.6 Å². The molecule has 0 spiro atoms. The maximum absolute atomic E-state index is 13.2. The van der Waals surface area contributed by atoms with Crippen LogP contribution in [0.3, 0.4) is 0 Å². The lowest BCUT2D eigenvalue weighted by Crippen LogP contribution is -2.41. The van der Waals surface area contributed by atoms with E-state index in [1.54, 1.807) is 0 Å². The van der Waals surface area contributed by atoms with Crippen LogP contribution in [0.2, 0.25) is 10.0 Å². The molecule has 2 aliphatic rings. The fourth-order valence-corrected chi connectivity index (χ4v) is 5.40. The van der Waals surface area contributed by atoms with Crippen molar-refractivity contribution in [3.63, 3.8) is 0 Å². The molecule has 8 nitrogen and oxygen atoms in total. The zero-order valence-corrected chi connectivity index (χ0v) is 18.0. The van der Waals surface area contributed by atoms with Gasteiger partial charge in [-0.05, 0) is 43.5 Å². The van der Waals surface area contributed by atoms with Crippen LogP contribution in [-0.4, -0.2) is 49.7 Å². The van der Waals surface area contributed by atoms with Crippen LogP contribution in [0.5, 0.6) is 5.88 Å². The number of hydrogen-bond acceptors (Lipinski definition) is 6. The number of amides is 1. The molecule has 1 aromatic heterocycles. The minimum atomic E-state index is -3.99. The summed E-state index contributed by atoms with van der Waals surface area (Å²) in [5.74, 6) is -0.323. The molecule has 0 radical (unpaired) electrons. The summed E-state index contributed by atoms with van der Waals surface area (Å²) in [7, 11) is -3.99. The number of pyridine rings is 1. The molecule has 1 aliphatic heterocycles. The van der Waals surface area contributed by atoms with Crippen molar-refractivity contribution in [2.45, 2.75) is 36.3 Å². The molecule has 2 aromatic rings. The summed E-state index contributed by atoms with van der Waals surface area (Å²) in [5, 5.41) is 13.1. The molecule has 2 N–H and O–H groups in total. The van der Waals surface area contributed by atoms with E-state index in [1.165, 1.54) is 30.5 Å². The largest absolute Gasteiger partial charge is 0.474 e. The van der Waals surface area contributed by atoms with Crippen LogP contribution in [0.25, 0.3) is 0 Å². The van der Waals surface area contributed by atoms with Crippen molar-refractivity contribution in [1.82, 2.24) is 10.3 Å². The molecule has 2 heterocycles. The lowest BCUT2D eigenvalue weighted by Gasteiger charge is -2.30. The maximum atomic E-state index is 13.2. The number of nitrogens with one attached hydrogen (secondary N) is 1. The SMILES string of the molecule is O=C(N[C@H]1CCC[C@H]1O)c1cnc2c(c1)N(S(=O)(=O)c1ccc(Cl)c(Cl)c1)CCO2. The van der Waals surface area contributed by atoms with Crippen molar-refractivity contribution in [3.05, 3.63) is 46.1 Å². The third kappa shape index (κ3) is 3.94. The van der Waals surface area contributed by atoms with Crippen molar-refractivity contribution in [1.29, 1.82) is 0 Å². The summed E-state index contributed by atoms with van der Waals surface area (Å²) in [5.41, 5.74) is 0.333. The van der Waals surface area contributed by atoms with Gasteiger partial charge in [0, 0.05) is 6.20 Å². The van der Waals surface area contributed by atoms with Gasteiger partial charge < -0.3 is 15.2 Å². The predicted octanol–water partition coefficient (Wildman–Crippen LogP) is 2.62. The Morgan fingerprint density at radius 3 is 2.73 bits per heavy atom. The Bertz CT molecular complexity index is 1100. The van der Waals surface area contributed by atoms with Gasteiger partial charge in [0.05, 0.1) is 39.2 Å². The number of ether oxygens (including phenoxy) is 1. The van der Waals surface area contributed by atoms with Crippen molar-refractivity contribution in [2.24, 2.45) is 0 Å². The number of nitrogens with zero attached hydrogens (tertiary/aromatic N) is 2. The summed E-state index contributed by atoms with van der Waals surface area (Å²) in [6, 6.07) is 5.14. The number of hydrogen-bond donors (Lipinski definition) is 2. The van der Waals surface area contributed by atoms with E-state index in [1.807, 2.05) is 0 Å². The van der Waals surface area contributed by atoms with Gasteiger partial charge in [0.15, 0.2) is 0 Å². The number of aromatic nitrogens is 1. The molecule has 1 amide bonds. The highest BCUT2D eigenvalue weighted by atomic mass is 35.5. The monoisotopic (exact) mass is 471 g/mol. The summed E-state index contributed by atoms with van der Waals surface area (Å²) in [6.45, 7) is 0.157. The number of aliphatic hydroxyl groups excluding tert-OH is 1. The van der Waals surface area contributed by atoms with Gasteiger partial charge in [-0.1, -0.05) is 23.2 Å². The topological polar surface area (TPSA) is 109 Å². The Kier molecular flexibility index (Phi) is 5.80. The highest BCUT2D eigenvalue weighted by Crippen LogP contribution is 2.35. The van der Waals surface area contributed by atoms with E-state index in [0.717, 1.165) is 10.7 Å². The molecular weight excluding hydrogens is 453 g/mol. The molecule has 0 bridgehead atoms. The molecule has 4 rings (SSSR count). The molecular formula is C19H19Cl2N3O5S. The first-order chi connectivity index (χ1) is 14.3. The number of aliphatic hydroxyl groups is 1. The molecule has 11 heteroatoms. The number of anilines is 1. The molecule has 0 saturated heterocycles. The van der Waals surface area contributed by atoms with Gasteiger partial charge in [0.1, 0.15) is 12.3 Å². The lowest BCUT2D eigenvalue weighted by molar-refractivity contribution is 0.0872. The van der Waals surface area contributed by atoms with E-state index in [0.29, 0.717) is 12.8 Å². The van der Waals surface area contributed by atoms with E-state index < -0.39 is 22.0 Å². The Hall–Kier alpha value is -2.07. The first kappa shape index (κ1) is 21.2. The summed E-state index contributed by atoms with van der Waals surface area (Å²) in [4.78, 5) is 16.7. The average Bonchev–Trinajstić information content (AvgIpc) is 3.13. The third-order valence-electron chi connectivity index (χ3n) is 5.17. The average molecular weight is 472 g/mol. The minimum absolute atomic E-state index is 0.0336. The Labute approximate surface area is 183 Å². The van der Waals surface area contributed by atoms with E-state index >= 15 is 0 Å². The summed E-state index contributed by atoms with van der Waals surface area (Å²) < 4.78 is 33.1. The van der Waals surface area contributed by atoms with Crippen molar-refractivity contribution in [3.8, 4) is 5.88 Å². The predicted molar refractivity (Wildman–Crippen MR) is 112 cm³/mol. The number of carbonyl (C=O) groups is 1. The van der Waals surface area contributed by atoms with Gasteiger partial charge in [0.2, 0.25) is 5.88 Å². The van der Waals surface area contributed by atoms with E-state index in [2.05, 4.69) is 10.3 Å². The number of rotatable bonds is 4. The van der Waals surface area contributed by atoms with Crippen LogP contribution in [0, 0.1) is 0 Å². The number of halogens is 2. The third-order valence-corrected chi connectivity index (χ3v) is 7.72. The molecule has 1 aliphatic carbocycles. The van der Waals surface area contributed by atoms with E-state index in [-0.39, 0.29) is 51.3 Å². The fourth-order valence-electron chi connectivity index (χ4n) is 3.58. The van der Waals surface area contributed by atoms with Crippen molar-refractivity contribution in [2.75, 3.05) is 17.5 Å². The van der Waals surface area contributed by atoms with Gasteiger partial charge in [-0.25, -0.2) is 13.4 Å². The van der Waals surface area contributed by atoms with E-state index in [9.17, 15) is 18.3 Å². The van der Waals surface area contributed by atoms with Gasteiger partial charge in [-0.3, -0.25) is 9.10 Å². The number of fused-ring (bicyclic) bond motifs is 1. The highest BCUT2D eigenvalue weighted by molar-refractivity contribution is 7.92. The highest BCUT2D eigenvalue weighted by Gasteiger charge is 2.33. The standard InChI is InChI=1S/C19H19Cl2N3O5S/c20-13-5-4-12(9-14(13)21)30(27,28)24-6-7-29-19-16(24)8-11(10-22-19)18(26)23-15-2-1-3-17(15)25/h4-5,8-10,15,17,25H,1-3,6-7H2,(H,23,26)/t15-,17+/m0/s1. The minimum Gasteiger partial charge on any atom is -0.474 e. The lowest BCUT2D eigenvalue weighted by atomic mass is 10.2. The van der Waals surface area contributed by atoms with Crippen LogP contribution < -0.4 is 14.4 Å². The zero-order valence-electron chi connectivity index (χ0n) is 15.7. The Morgan fingerprint density at radius 2 is 2.03 bits per heavy atom. The number of benzene rings is 1. The Morgan fingerprint density at radius 1 is 1.23 bits per heavy atom. The quantitative estimate of drug-likeness (QED) is 0.709. The summed E-state index contributed by atoms with van der Waals surface area (Å²) >= 11 is 11.9. The van der Waals surface area contributed by atoms with Crippen LogP contribution in [0.15, 0.2) is 35.4 Å². The smallest absolute Gasteiger partial charge is 0.264 e.